The van der Waals surface area contributed by atoms with E-state index in [-0.39, 0.29) is 17.5 Å². The van der Waals surface area contributed by atoms with Crippen molar-refractivity contribution in [3.8, 4) is 6.07 Å². The molecule has 0 atom stereocenters. The second-order valence-corrected chi connectivity index (χ2v) is 6.97. The molecule has 150 valence electrons. The molecule has 1 fully saturated rings. The van der Waals surface area contributed by atoms with Crippen LogP contribution in [-0.4, -0.2) is 36.5 Å². The van der Waals surface area contributed by atoms with Crippen LogP contribution in [0.25, 0.3) is 0 Å². The van der Waals surface area contributed by atoms with Crippen molar-refractivity contribution in [3.63, 3.8) is 0 Å². The number of carbonyl (C=O) groups excluding carboxylic acids is 2. The number of nitrogens with one attached hydrogen (secondary N) is 1. The second kappa shape index (κ2) is 11.1. The summed E-state index contributed by atoms with van der Waals surface area (Å²) in [5.74, 6) is -0.682. The van der Waals surface area contributed by atoms with E-state index in [0.717, 1.165) is 19.3 Å². The largest absolute Gasteiger partial charge is 0.466 e. The summed E-state index contributed by atoms with van der Waals surface area (Å²) in [6.07, 6.45) is 6.22. The van der Waals surface area contributed by atoms with Gasteiger partial charge in [-0.1, -0.05) is 25.5 Å². The van der Waals surface area contributed by atoms with Crippen molar-refractivity contribution in [2.24, 2.45) is 5.92 Å². The number of aryl methyl sites for hydroxylation is 1. The molecule has 1 aromatic carbocycles. The lowest BCUT2D eigenvalue weighted by molar-refractivity contribution is -0.149. The van der Waals surface area contributed by atoms with E-state index in [1.165, 1.54) is 5.56 Å². The highest BCUT2D eigenvalue weighted by Crippen LogP contribution is 2.20. The number of nitrogens with zero attached hydrogens (tertiary/aromatic N) is 2. The molecular weight excluding hydrogens is 354 g/mol. The van der Waals surface area contributed by atoms with Crippen molar-refractivity contribution in [1.82, 2.24) is 4.90 Å². The van der Waals surface area contributed by atoms with Gasteiger partial charge in [-0.2, -0.15) is 5.26 Å². The molecule has 6 heteroatoms. The minimum atomic E-state index is -0.420. The van der Waals surface area contributed by atoms with Gasteiger partial charge in [0, 0.05) is 25.0 Å². The minimum absolute atomic E-state index is 0.0599. The van der Waals surface area contributed by atoms with Crippen molar-refractivity contribution in [2.75, 3.05) is 25.0 Å². The van der Waals surface area contributed by atoms with Crippen molar-refractivity contribution in [1.29, 1.82) is 5.26 Å². The van der Waals surface area contributed by atoms with Crippen LogP contribution >= 0.6 is 0 Å². The molecule has 0 spiro atoms. The van der Waals surface area contributed by atoms with E-state index in [9.17, 15) is 14.9 Å². The van der Waals surface area contributed by atoms with Crippen LogP contribution in [0.2, 0.25) is 0 Å². The van der Waals surface area contributed by atoms with Crippen LogP contribution in [0.4, 0.5) is 5.69 Å². The number of ether oxygens (including phenoxy) is 1. The van der Waals surface area contributed by atoms with E-state index in [1.54, 1.807) is 13.1 Å². The fourth-order valence-corrected chi connectivity index (χ4v) is 3.18. The van der Waals surface area contributed by atoms with Gasteiger partial charge >= 0.3 is 5.97 Å². The molecule has 1 heterocycles. The van der Waals surface area contributed by atoms with Crippen LogP contribution in [0.5, 0.6) is 0 Å². The number of unbranched alkanes of at least 4 members (excludes halogenated alkanes) is 1. The summed E-state index contributed by atoms with van der Waals surface area (Å²) < 4.78 is 5.06. The van der Waals surface area contributed by atoms with Crippen LogP contribution in [0.1, 0.15) is 45.1 Å². The van der Waals surface area contributed by atoms with Gasteiger partial charge in [0.15, 0.2) is 0 Å². The first-order valence-corrected chi connectivity index (χ1v) is 10.00. The van der Waals surface area contributed by atoms with Crippen LogP contribution in [-0.2, 0) is 20.7 Å². The van der Waals surface area contributed by atoms with Gasteiger partial charge in [0.25, 0.3) is 5.91 Å². The molecule has 28 heavy (non-hydrogen) atoms. The Bertz CT molecular complexity index is 726. The molecule has 0 radical (unpaired) electrons. The third-order valence-electron chi connectivity index (χ3n) is 4.86. The second-order valence-electron chi connectivity index (χ2n) is 6.97. The van der Waals surface area contributed by atoms with Gasteiger partial charge in [-0.05, 0) is 50.3 Å². The number of nitriles is 1. The fraction of sp³-hybridized carbons (Fsp3) is 0.500. The Morgan fingerprint density at radius 2 is 1.93 bits per heavy atom. The first-order valence-electron chi connectivity index (χ1n) is 10.00. The Balaban J connectivity index is 1.91. The van der Waals surface area contributed by atoms with Crippen molar-refractivity contribution in [3.05, 3.63) is 41.6 Å². The lowest BCUT2D eigenvalue weighted by Crippen LogP contribution is -2.34. The summed E-state index contributed by atoms with van der Waals surface area (Å²) >= 11 is 0. The number of piperidine rings is 1. The zero-order valence-corrected chi connectivity index (χ0v) is 16.7. The maximum absolute atomic E-state index is 12.4. The van der Waals surface area contributed by atoms with E-state index < -0.39 is 5.91 Å². The quantitative estimate of drug-likeness (QED) is 0.421. The third-order valence-corrected chi connectivity index (χ3v) is 4.86. The van der Waals surface area contributed by atoms with Crippen molar-refractivity contribution < 1.29 is 14.3 Å². The molecule has 1 amide bonds. The maximum Gasteiger partial charge on any atom is 0.309 e. The summed E-state index contributed by atoms with van der Waals surface area (Å²) in [5, 5.41) is 12.2. The smallest absolute Gasteiger partial charge is 0.309 e. The first-order chi connectivity index (χ1) is 13.6. The number of anilines is 1. The van der Waals surface area contributed by atoms with Gasteiger partial charge in [0.1, 0.15) is 11.6 Å². The molecule has 0 unspecified atom stereocenters. The van der Waals surface area contributed by atoms with Gasteiger partial charge in [-0.25, -0.2) is 0 Å². The molecule has 1 aliphatic heterocycles. The number of likely N-dealkylation sites (tertiary alicyclic amines) is 1. The highest BCUT2D eigenvalue weighted by molar-refractivity contribution is 6.06. The molecule has 1 saturated heterocycles. The summed E-state index contributed by atoms with van der Waals surface area (Å²) in [6, 6.07) is 9.71. The van der Waals surface area contributed by atoms with E-state index in [1.807, 2.05) is 35.2 Å². The average molecular weight is 383 g/mol. The monoisotopic (exact) mass is 383 g/mol. The Labute approximate surface area is 167 Å². The van der Waals surface area contributed by atoms with Crippen LogP contribution < -0.4 is 5.32 Å². The summed E-state index contributed by atoms with van der Waals surface area (Å²) in [6.45, 7) is 5.58. The number of benzene rings is 1. The van der Waals surface area contributed by atoms with Gasteiger partial charge < -0.3 is 15.0 Å². The Hall–Kier alpha value is -2.81. The van der Waals surface area contributed by atoms with E-state index in [0.29, 0.717) is 38.2 Å². The van der Waals surface area contributed by atoms with Gasteiger partial charge in [0.2, 0.25) is 0 Å². The lowest BCUT2D eigenvalue weighted by atomic mass is 9.97. The SMILES string of the molecule is CCCCc1ccc(NC(=O)/C(C#N)=C\N2CCC(C(=O)OCC)CC2)cc1. The van der Waals surface area contributed by atoms with E-state index in [2.05, 4.69) is 12.2 Å². The summed E-state index contributed by atoms with van der Waals surface area (Å²) in [4.78, 5) is 26.2. The predicted molar refractivity (Wildman–Crippen MR) is 108 cm³/mol. The number of hydrogen-bond donors (Lipinski definition) is 1. The van der Waals surface area contributed by atoms with Crippen molar-refractivity contribution in [2.45, 2.75) is 46.0 Å². The van der Waals surface area contributed by atoms with Gasteiger partial charge in [-0.15, -0.1) is 0 Å². The summed E-state index contributed by atoms with van der Waals surface area (Å²) in [7, 11) is 0. The highest BCUT2D eigenvalue weighted by Gasteiger charge is 2.25. The Kier molecular flexibility index (Phi) is 8.54. The molecule has 6 nitrogen and oxygen atoms in total. The van der Waals surface area contributed by atoms with Gasteiger partial charge in [0.05, 0.1) is 12.5 Å². The topological polar surface area (TPSA) is 82.4 Å². The first kappa shape index (κ1) is 21.5. The van der Waals surface area contributed by atoms with Crippen LogP contribution in [0, 0.1) is 17.2 Å². The van der Waals surface area contributed by atoms with Crippen molar-refractivity contribution >= 4 is 17.6 Å². The number of amides is 1. The third kappa shape index (κ3) is 6.41. The Morgan fingerprint density at radius 1 is 1.25 bits per heavy atom. The number of esters is 1. The zero-order chi connectivity index (χ0) is 20.4. The lowest BCUT2D eigenvalue weighted by Gasteiger charge is -2.30. The minimum Gasteiger partial charge on any atom is -0.466 e. The summed E-state index contributed by atoms with van der Waals surface area (Å²) in [5.41, 5.74) is 1.97. The standard InChI is InChI=1S/C22H29N3O3/c1-3-5-6-17-7-9-20(10-8-17)24-21(26)19(15-23)16-25-13-11-18(12-14-25)22(27)28-4-2/h7-10,16,18H,3-6,11-14H2,1-2H3,(H,24,26)/b19-16-. The van der Waals surface area contributed by atoms with Gasteiger partial charge in [-0.3, -0.25) is 9.59 Å². The molecule has 0 aliphatic carbocycles. The van der Waals surface area contributed by atoms with E-state index >= 15 is 0 Å². The molecule has 0 saturated carbocycles. The molecule has 1 aromatic rings. The maximum atomic E-state index is 12.4. The average Bonchev–Trinajstić information content (AvgIpc) is 2.72. The molecule has 1 N–H and O–H groups in total. The zero-order valence-electron chi connectivity index (χ0n) is 16.7. The van der Waals surface area contributed by atoms with E-state index in [4.69, 9.17) is 4.74 Å². The number of carbonyl (C=O) groups is 2. The molecule has 2 rings (SSSR count). The number of rotatable bonds is 8. The van der Waals surface area contributed by atoms with Crippen LogP contribution in [0.15, 0.2) is 36.0 Å². The fourth-order valence-electron chi connectivity index (χ4n) is 3.18. The Morgan fingerprint density at radius 3 is 2.50 bits per heavy atom. The van der Waals surface area contributed by atoms with Crippen LogP contribution in [0.3, 0.4) is 0 Å². The molecular formula is C22H29N3O3. The highest BCUT2D eigenvalue weighted by atomic mass is 16.5. The normalized spacial score (nSPS) is 15.0. The predicted octanol–water partition coefficient (Wildman–Crippen LogP) is 3.65. The molecule has 0 bridgehead atoms. The molecule has 1 aliphatic rings. The molecule has 0 aromatic heterocycles. The number of hydrogen-bond acceptors (Lipinski definition) is 5.